The van der Waals surface area contributed by atoms with Gasteiger partial charge in [-0.2, -0.15) is 0 Å². The van der Waals surface area contributed by atoms with Crippen molar-refractivity contribution in [1.82, 2.24) is 14.7 Å². The number of likely N-dealkylation sites (tertiary alicyclic amines) is 1. The zero-order chi connectivity index (χ0) is 19.5. The summed E-state index contributed by atoms with van der Waals surface area (Å²) in [6.45, 7) is 12.6. The first-order chi connectivity index (χ1) is 13.6. The quantitative estimate of drug-likeness (QED) is 0.777. The Balaban J connectivity index is 1.22. The van der Waals surface area contributed by atoms with E-state index in [0.717, 1.165) is 76.7 Å². The van der Waals surface area contributed by atoms with Crippen molar-refractivity contribution in [2.45, 2.75) is 33.2 Å². The lowest BCUT2D eigenvalue weighted by molar-refractivity contribution is -0.139. The summed E-state index contributed by atoms with van der Waals surface area (Å²) < 4.78 is 10.9. The van der Waals surface area contributed by atoms with Crippen molar-refractivity contribution in [3.63, 3.8) is 0 Å². The number of rotatable bonds is 5. The fourth-order valence-corrected chi connectivity index (χ4v) is 4.56. The molecule has 28 heavy (non-hydrogen) atoms. The van der Waals surface area contributed by atoms with E-state index in [4.69, 9.17) is 9.47 Å². The third-order valence-electron chi connectivity index (χ3n) is 6.09. The van der Waals surface area contributed by atoms with E-state index in [-0.39, 0.29) is 5.92 Å². The number of fused-ring (bicyclic) bond motifs is 1. The van der Waals surface area contributed by atoms with Crippen molar-refractivity contribution in [3.8, 4) is 11.5 Å². The predicted molar refractivity (Wildman–Crippen MR) is 108 cm³/mol. The lowest BCUT2D eigenvalue weighted by Gasteiger charge is -2.39. The first-order valence-electron chi connectivity index (χ1n) is 10.7. The van der Waals surface area contributed by atoms with Gasteiger partial charge in [0.1, 0.15) is 0 Å². The molecule has 154 valence electrons. The number of amides is 1. The number of carbonyl (C=O) groups is 1. The van der Waals surface area contributed by atoms with Crippen LogP contribution in [0.5, 0.6) is 11.5 Å². The number of ether oxygens (including phenoxy) is 2. The van der Waals surface area contributed by atoms with Gasteiger partial charge < -0.3 is 19.3 Å². The highest BCUT2D eigenvalue weighted by Gasteiger charge is 2.30. The molecule has 0 unspecified atom stereocenters. The number of piperidine rings is 1. The van der Waals surface area contributed by atoms with E-state index in [0.29, 0.717) is 18.6 Å². The van der Waals surface area contributed by atoms with Crippen LogP contribution in [0.4, 0.5) is 0 Å². The SMILES string of the molecule is CC(C)CN1CCC(C(=O)N2CCN(Cc3ccc4c(c3)OCO4)CC2)CC1. The van der Waals surface area contributed by atoms with Crippen LogP contribution < -0.4 is 9.47 Å². The monoisotopic (exact) mass is 387 g/mol. The molecule has 0 aliphatic carbocycles. The van der Waals surface area contributed by atoms with Crippen LogP contribution in [0.15, 0.2) is 18.2 Å². The molecule has 1 amide bonds. The van der Waals surface area contributed by atoms with Gasteiger partial charge in [-0.3, -0.25) is 9.69 Å². The summed E-state index contributed by atoms with van der Waals surface area (Å²) in [4.78, 5) is 20.0. The highest BCUT2D eigenvalue weighted by molar-refractivity contribution is 5.79. The van der Waals surface area contributed by atoms with Crippen molar-refractivity contribution in [3.05, 3.63) is 23.8 Å². The van der Waals surface area contributed by atoms with Crippen LogP contribution in [0, 0.1) is 11.8 Å². The number of carbonyl (C=O) groups excluding carboxylic acids is 1. The third-order valence-corrected chi connectivity index (χ3v) is 6.09. The topological polar surface area (TPSA) is 45.3 Å². The van der Waals surface area contributed by atoms with Crippen LogP contribution in [0.1, 0.15) is 32.3 Å². The Hall–Kier alpha value is -1.79. The maximum atomic E-state index is 12.9. The van der Waals surface area contributed by atoms with Gasteiger partial charge in [-0.05, 0) is 49.5 Å². The van der Waals surface area contributed by atoms with Gasteiger partial charge in [0.05, 0.1) is 0 Å². The largest absolute Gasteiger partial charge is 0.454 e. The summed E-state index contributed by atoms with van der Waals surface area (Å²) in [5.41, 5.74) is 1.24. The Bertz CT molecular complexity index is 678. The number of hydrogen-bond donors (Lipinski definition) is 0. The van der Waals surface area contributed by atoms with Crippen LogP contribution >= 0.6 is 0 Å². The molecule has 0 radical (unpaired) electrons. The first kappa shape index (κ1) is 19.5. The van der Waals surface area contributed by atoms with Crippen LogP contribution in [0.2, 0.25) is 0 Å². The Kier molecular flexibility index (Phi) is 6.07. The Labute approximate surface area is 168 Å². The average molecular weight is 388 g/mol. The second kappa shape index (κ2) is 8.70. The Morgan fingerprint density at radius 1 is 1.00 bits per heavy atom. The predicted octanol–water partition coefficient (Wildman–Crippen LogP) is 2.43. The summed E-state index contributed by atoms with van der Waals surface area (Å²) in [5, 5.41) is 0. The van der Waals surface area contributed by atoms with Crippen molar-refractivity contribution < 1.29 is 14.3 Å². The van der Waals surface area contributed by atoms with Crippen molar-refractivity contribution in [1.29, 1.82) is 0 Å². The molecular weight excluding hydrogens is 354 g/mol. The van der Waals surface area contributed by atoms with Gasteiger partial charge in [0, 0.05) is 45.2 Å². The minimum atomic E-state index is 0.226. The molecule has 0 saturated carbocycles. The molecule has 4 rings (SSSR count). The number of nitrogens with zero attached hydrogens (tertiary/aromatic N) is 3. The minimum absolute atomic E-state index is 0.226. The average Bonchev–Trinajstić information content (AvgIpc) is 3.16. The Morgan fingerprint density at radius 3 is 2.43 bits per heavy atom. The molecular formula is C22H33N3O3. The fourth-order valence-electron chi connectivity index (χ4n) is 4.56. The van der Waals surface area contributed by atoms with Gasteiger partial charge in [0.15, 0.2) is 11.5 Å². The normalized spacial score (nSPS) is 21.5. The molecule has 3 heterocycles. The molecule has 1 aromatic carbocycles. The maximum Gasteiger partial charge on any atom is 0.231 e. The molecule has 2 saturated heterocycles. The summed E-state index contributed by atoms with van der Waals surface area (Å²) in [6.07, 6.45) is 2.03. The Morgan fingerprint density at radius 2 is 1.71 bits per heavy atom. The first-order valence-corrected chi connectivity index (χ1v) is 10.7. The second-order valence-electron chi connectivity index (χ2n) is 8.76. The van der Waals surface area contributed by atoms with Crippen LogP contribution in [-0.4, -0.2) is 73.2 Å². The standard InChI is InChI=1S/C22H33N3O3/c1-17(2)14-23-7-5-19(6-8-23)22(26)25-11-9-24(10-12-25)15-18-3-4-20-21(13-18)28-16-27-20/h3-4,13,17,19H,5-12,14-16H2,1-2H3. The lowest BCUT2D eigenvalue weighted by atomic mass is 9.94. The molecule has 1 aromatic rings. The zero-order valence-corrected chi connectivity index (χ0v) is 17.2. The van der Waals surface area contributed by atoms with Crippen LogP contribution in [-0.2, 0) is 11.3 Å². The molecule has 0 aromatic heterocycles. The van der Waals surface area contributed by atoms with E-state index in [1.807, 2.05) is 6.07 Å². The number of hydrogen-bond acceptors (Lipinski definition) is 5. The van der Waals surface area contributed by atoms with E-state index in [1.54, 1.807) is 0 Å². The molecule has 0 atom stereocenters. The summed E-state index contributed by atoms with van der Waals surface area (Å²) in [6, 6.07) is 6.17. The summed E-state index contributed by atoms with van der Waals surface area (Å²) in [7, 11) is 0. The maximum absolute atomic E-state index is 12.9. The van der Waals surface area contributed by atoms with E-state index < -0.39 is 0 Å². The highest BCUT2D eigenvalue weighted by Crippen LogP contribution is 2.33. The molecule has 6 nitrogen and oxygen atoms in total. The van der Waals surface area contributed by atoms with E-state index >= 15 is 0 Å². The molecule has 3 aliphatic heterocycles. The minimum Gasteiger partial charge on any atom is -0.454 e. The van der Waals surface area contributed by atoms with Gasteiger partial charge in [-0.1, -0.05) is 19.9 Å². The van der Waals surface area contributed by atoms with Crippen molar-refractivity contribution in [2.75, 3.05) is 52.6 Å². The molecule has 0 bridgehead atoms. The second-order valence-corrected chi connectivity index (χ2v) is 8.76. The molecule has 2 fully saturated rings. The molecule has 0 spiro atoms. The van der Waals surface area contributed by atoms with E-state index in [1.165, 1.54) is 5.56 Å². The third kappa shape index (κ3) is 4.61. The van der Waals surface area contributed by atoms with Crippen molar-refractivity contribution in [2.24, 2.45) is 11.8 Å². The fraction of sp³-hybridized carbons (Fsp3) is 0.682. The van der Waals surface area contributed by atoms with E-state index in [9.17, 15) is 4.79 Å². The molecule has 0 N–H and O–H groups in total. The van der Waals surface area contributed by atoms with Crippen molar-refractivity contribution >= 4 is 5.91 Å². The molecule has 3 aliphatic rings. The zero-order valence-electron chi connectivity index (χ0n) is 17.2. The highest BCUT2D eigenvalue weighted by atomic mass is 16.7. The van der Waals surface area contributed by atoms with Gasteiger partial charge in [-0.15, -0.1) is 0 Å². The lowest BCUT2D eigenvalue weighted by Crippen LogP contribution is -2.51. The van der Waals surface area contributed by atoms with E-state index in [2.05, 4.69) is 40.7 Å². The van der Waals surface area contributed by atoms with Gasteiger partial charge in [0.2, 0.25) is 12.7 Å². The van der Waals surface area contributed by atoms with Crippen LogP contribution in [0.3, 0.4) is 0 Å². The summed E-state index contributed by atoms with van der Waals surface area (Å²) in [5.74, 6) is 2.98. The van der Waals surface area contributed by atoms with Gasteiger partial charge in [-0.25, -0.2) is 0 Å². The summed E-state index contributed by atoms with van der Waals surface area (Å²) >= 11 is 0. The van der Waals surface area contributed by atoms with Gasteiger partial charge >= 0.3 is 0 Å². The van der Waals surface area contributed by atoms with Crippen LogP contribution in [0.25, 0.3) is 0 Å². The molecule has 6 heteroatoms. The van der Waals surface area contributed by atoms with Gasteiger partial charge in [0.25, 0.3) is 0 Å². The number of piperazine rings is 1. The number of benzene rings is 1. The smallest absolute Gasteiger partial charge is 0.231 e.